The van der Waals surface area contributed by atoms with Crippen molar-refractivity contribution in [2.75, 3.05) is 13.1 Å². The maximum absolute atomic E-state index is 13.0. The number of aromatic nitrogens is 1. The Balaban J connectivity index is 1.68. The molecule has 0 aliphatic carbocycles. The molecule has 6 nitrogen and oxygen atoms in total. The summed E-state index contributed by atoms with van der Waals surface area (Å²) in [6.45, 7) is 2.59. The molecule has 4 aromatic rings. The molecule has 148 valence electrons. The van der Waals surface area contributed by atoms with Gasteiger partial charge in [-0.2, -0.15) is 0 Å². The molecule has 0 atom stereocenters. The largest absolute Gasteiger partial charge is 0.464 e. The topological polar surface area (TPSA) is 76.3 Å². The first-order valence-corrected chi connectivity index (χ1v) is 10.1. The lowest BCUT2D eigenvalue weighted by atomic mass is 9.94. The van der Waals surface area contributed by atoms with E-state index in [2.05, 4.69) is 21.3 Å². The van der Waals surface area contributed by atoms with E-state index in [1.165, 1.54) is 5.56 Å². The van der Waals surface area contributed by atoms with Crippen LogP contribution >= 0.6 is 0 Å². The van der Waals surface area contributed by atoms with E-state index >= 15 is 0 Å². The highest BCUT2D eigenvalue weighted by Gasteiger charge is 2.35. The van der Waals surface area contributed by atoms with Crippen LogP contribution in [-0.2, 0) is 22.6 Å². The third kappa shape index (κ3) is 2.40. The minimum Gasteiger partial charge on any atom is -0.464 e. The molecular weight excluding hydrogens is 378 g/mol. The van der Waals surface area contributed by atoms with Gasteiger partial charge >= 0.3 is 0 Å². The molecule has 0 unspecified atom stereocenters. The van der Waals surface area contributed by atoms with E-state index in [0.29, 0.717) is 22.3 Å². The fraction of sp³-hybridized carbons (Fsp3) is 0.167. The van der Waals surface area contributed by atoms with Gasteiger partial charge in [0.05, 0.1) is 22.9 Å². The number of nitrogens with zero attached hydrogens (tertiary/aromatic N) is 1. The molecule has 2 aliphatic heterocycles. The Hall–Kier alpha value is -3.64. The first-order valence-electron chi connectivity index (χ1n) is 10.1. The van der Waals surface area contributed by atoms with Crippen LogP contribution in [0.4, 0.5) is 0 Å². The molecule has 2 amide bonds. The van der Waals surface area contributed by atoms with Gasteiger partial charge in [0.15, 0.2) is 0 Å². The molecule has 2 aliphatic rings. The maximum Gasteiger partial charge on any atom is 0.259 e. The number of hydrogen-bond donors (Lipinski definition) is 2. The molecule has 4 heterocycles. The van der Waals surface area contributed by atoms with E-state index in [-0.39, 0.29) is 11.8 Å². The van der Waals surface area contributed by atoms with Crippen LogP contribution in [-0.4, -0.2) is 29.5 Å². The number of carbonyl (C=O) groups excluding carboxylic acids is 2. The molecule has 0 fully saturated rings. The van der Waals surface area contributed by atoms with Gasteiger partial charge in [0.25, 0.3) is 11.8 Å². The zero-order valence-electron chi connectivity index (χ0n) is 16.2. The molecule has 6 rings (SSSR count). The third-order valence-electron chi connectivity index (χ3n) is 6.03. The number of rotatable bonds is 2. The fourth-order valence-corrected chi connectivity index (χ4v) is 4.72. The summed E-state index contributed by atoms with van der Waals surface area (Å²) in [5, 5.41) is 7.84. The van der Waals surface area contributed by atoms with Crippen molar-refractivity contribution in [1.29, 1.82) is 0 Å². The van der Waals surface area contributed by atoms with E-state index in [1.807, 2.05) is 42.6 Å². The Kier molecular flexibility index (Phi) is 3.70. The molecule has 30 heavy (non-hydrogen) atoms. The number of para-hydroxylation sites is 2. The van der Waals surface area contributed by atoms with Crippen LogP contribution in [0.15, 0.2) is 59.3 Å². The normalized spacial score (nSPS) is 16.9. The summed E-state index contributed by atoms with van der Waals surface area (Å²) in [7, 11) is 0. The number of carbonyl (C=O) groups is 2. The minimum absolute atomic E-state index is 0.365. The van der Waals surface area contributed by atoms with Crippen LogP contribution < -0.4 is 10.6 Å². The first-order chi connectivity index (χ1) is 14.7. The van der Waals surface area contributed by atoms with Crippen molar-refractivity contribution in [3.05, 3.63) is 71.6 Å². The lowest BCUT2D eigenvalue weighted by Crippen LogP contribution is -2.24. The molecule has 0 radical (unpaired) electrons. The molecule has 0 bridgehead atoms. The molecule has 0 spiro atoms. The van der Waals surface area contributed by atoms with Gasteiger partial charge in [-0.1, -0.05) is 36.4 Å². The Bertz CT molecular complexity index is 1390. The second-order valence-corrected chi connectivity index (χ2v) is 7.73. The third-order valence-corrected chi connectivity index (χ3v) is 6.03. The molecule has 0 saturated carbocycles. The summed E-state index contributed by atoms with van der Waals surface area (Å²) in [5.41, 5.74) is 5.21. The van der Waals surface area contributed by atoms with Crippen molar-refractivity contribution < 1.29 is 14.0 Å². The number of fused-ring (bicyclic) bond motifs is 1. The fourth-order valence-electron chi connectivity index (χ4n) is 4.72. The van der Waals surface area contributed by atoms with Gasteiger partial charge in [-0.05, 0) is 24.6 Å². The van der Waals surface area contributed by atoms with Crippen molar-refractivity contribution in [2.45, 2.75) is 13.0 Å². The van der Waals surface area contributed by atoms with Gasteiger partial charge in [0.2, 0.25) is 0 Å². The van der Waals surface area contributed by atoms with Gasteiger partial charge < -0.3 is 14.3 Å². The molecular formula is C24H19N3O3. The predicted octanol–water partition coefficient (Wildman–Crippen LogP) is 3.10. The van der Waals surface area contributed by atoms with E-state index in [9.17, 15) is 9.59 Å². The first kappa shape index (κ1) is 17.2. The summed E-state index contributed by atoms with van der Waals surface area (Å²) in [4.78, 5) is 25.9. The van der Waals surface area contributed by atoms with Crippen LogP contribution in [0.5, 0.6) is 0 Å². The van der Waals surface area contributed by atoms with Gasteiger partial charge in [0, 0.05) is 41.2 Å². The summed E-state index contributed by atoms with van der Waals surface area (Å²) in [5.74, 6) is -0.752. The molecule has 0 saturated heterocycles. The SMILES string of the molecule is O=C1NC(=O)C(c2cccc3ccoc23)=C1c1cn2c3c(cccc13)CCNCC2. The summed E-state index contributed by atoms with van der Waals surface area (Å²) in [6, 6.07) is 13.7. The summed E-state index contributed by atoms with van der Waals surface area (Å²) in [6.07, 6.45) is 4.53. The zero-order valence-corrected chi connectivity index (χ0v) is 16.2. The minimum atomic E-state index is -0.387. The number of nitrogens with one attached hydrogen (secondary N) is 2. The van der Waals surface area contributed by atoms with E-state index in [4.69, 9.17) is 4.42 Å². The van der Waals surface area contributed by atoms with Crippen LogP contribution in [0.2, 0.25) is 0 Å². The average Bonchev–Trinajstić information content (AvgIpc) is 3.41. The zero-order chi connectivity index (χ0) is 20.2. The van der Waals surface area contributed by atoms with Gasteiger partial charge in [0.1, 0.15) is 5.58 Å². The quantitative estimate of drug-likeness (QED) is 0.510. The van der Waals surface area contributed by atoms with Crippen LogP contribution in [0.1, 0.15) is 16.7 Å². The average molecular weight is 397 g/mol. The second kappa shape index (κ2) is 6.43. The number of furan rings is 1. The standard InChI is InChI=1S/C24H19N3O3/c28-23-19(17-6-2-4-15-8-12-30-22(15)17)20(24(29)26-23)18-13-27-11-10-25-9-7-14-3-1-5-16(18)21(14)27/h1-6,8,12-13,25H,7,9-11H2,(H,26,28,29). The number of benzene rings is 2. The molecule has 2 aromatic heterocycles. The van der Waals surface area contributed by atoms with Crippen molar-refractivity contribution >= 4 is 44.8 Å². The van der Waals surface area contributed by atoms with Crippen molar-refractivity contribution in [3.8, 4) is 0 Å². The molecule has 2 N–H and O–H groups in total. The molecule has 2 aromatic carbocycles. The lowest BCUT2D eigenvalue weighted by Gasteiger charge is -2.14. The highest BCUT2D eigenvalue weighted by molar-refractivity contribution is 6.50. The smallest absolute Gasteiger partial charge is 0.259 e. The highest BCUT2D eigenvalue weighted by atomic mass is 16.3. The Morgan fingerprint density at radius 2 is 1.73 bits per heavy atom. The van der Waals surface area contributed by atoms with Gasteiger partial charge in [-0.15, -0.1) is 0 Å². The van der Waals surface area contributed by atoms with Crippen LogP contribution in [0, 0.1) is 0 Å². The maximum atomic E-state index is 13.0. The number of imide groups is 1. The van der Waals surface area contributed by atoms with Crippen molar-refractivity contribution in [3.63, 3.8) is 0 Å². The van der Waals surface area contributed by atoms with E-state index in [0.717, 1.165) is 47.9 Å². The summed E-state index contributed by atoms with van der Waals surface area (Å²) < 4.78 is 7.86. The lowest BCUT2D eigenvalue weighted by molar-refractivity contribution is -0.122. The number of hydrogen-bond acceptors (Lipinski definition) is 4. The Morgan fingerprint density at radius 3 is 2.63 bits per heavy atom. The second-order valence-electron chi connectivity index (χ2n) is 7.73. The predicted molar refractivity (Wildman–Crippen MR) is 115 cm³/mol. The Labute approximate surface area is 172 Å². The van der Waals surface area contributed by atoms with E-state index < -0.39 is 0 Å². The highest BCUT2D eigenvalue weighted by Crippen LogP contribution is 2.39. The molecule has 6 heteroatoms. The van der Waals surface area contributed by atoms with Crippen molar-refractivity contribution in [2.24, 2.45) is 0 Å². The number of amides is 2. The van der Waals surface area contributed by atoms with Gasteiger partial charge in [-0.3, -0.25) is 14.9 Å². The van der Waals surface area contributed by atoms with Crippen LogP contribution in [0.3, 0.4) is 0 Å². The summed E-state index contributed by atoms with van der Waals surface area (Å²) >= 11 is 0. The van der Waals surface area contributed by atoms with E-state index in [1.54, 1.807) is 6.26 Å². The Morgan fingerprint density at radius 1 is 0.900 bits per heavy atom. The van der Waals surface area contributed by atoms with Crippen LogP contribution in [0.25, 0.3) is 33.0 Å². The monoisotopic (exact) mass is 397 g/mol. The van der Waals surface area contributed by atoms with Crippen molar-refractivity contribution in [1.82, 2.24) is 15.2 Å². The van der Waals surface area contributed by atoms with Gasteiger partial charge in [-0.25, -0.2) is 0 Å².